The summed E-state index contributed by atoms with van der Waals surface area (Å²) >= 11 is 1.24. The van der Waals surface area contributed by atoms with Gasteiger partial charge in [0, 0.05) is 12.7 Å². The Hall–Kier alpha value is -1.55. The van der Waals surface area contributed by atoms with Crippen LogP contribution in [0.25, 0.3) is 6.08 Å². The third-order valence-corrected chi connectivity index (χ3v) is 5.62. The summed E-state index contributed by atoms with van der Waals surface area (Å²) in [7, 11) is -0.494. The Balaban J connectivity index is 2.37. The number of aryl methyl sites for hydroxylation is 1. The van der Waals surface area contributed by atoms with Crippen LogP contribution >= 0.6 is 11.8 Å². The van der Waals surface area contributed by atoms with Gasteiger partial charge in [-0.25, -0.2) is 0 Å². The fraction of sp³-hybridized carbons (Fsp3) is 0.474. The molecule has 1 aliphatic rings. The van der Waals surface area contributed by atoms with Crippen LogP contribution in [0, 0.1) is 18.3 Å². The lowest BCUT2D eigenvalue weighted by molar-refractivity contribution is -0.109. The third-order valence-electron chi connectivity index (χ3n) is 4.74. The molecule has 0 amide bonds. The van der Waals surface area contributed by atoms with Gasteiger partial charge in [0.1, 0.15) is 0 Å². The number of carbonyl (C=O) groups excluding carboxylic acids is 1. The van der Waals surface area contributed by atoms with Crippen LogP contribution in [0.3, 0.4) is 0 Å². The van der Waals surface area contributed by atoms with E-state index in [4.69, 9.17) is 14.6 Å². The molecule has 0 N–H and O–H groups in total. The van der Waals surface area contributed by atoms with E-state index in [1.807, 2.05) is 52.8 Å². The van der Waals surface area contributed by atoms with Crippen LogP contribution in [0.1, 0.15) is 51.3 Å². The zero-order chi connectivity index (χ0) is 18.8. The van der Waals surface area contributed by atoms with E-state index >= 15 is 0 Å². The van der Waals surface area contributed by atoms with E-state index in [1.54, 1.807) is 13.0 Å². The van der Waals surface area contributed by atoms with Crippen LogP contribution < -0.4 is 0 Å². The summed E-state index contributed by atoms with van der Waals surface area (Å²) < 4.78 is 12.3. The molecule has 4 nitrogen and oxygen atoms in total. The van der Waals surface area contributed by atoms with Gasteiger partial charge in [-0.3, -0.25) is 4.79 Å². The van der Waals surface area contributed by atoms with E-state index in [-0.39, 0.29) is 5.12 Å². The fourth-order valence-electron chi connectivity index (χ4n) is 2.46. The molecular weight excluding hydrogens is 333 g/mol. The topological polar surface area (TPSA) is 59.3 Å². The van der Waals surface area contributed by atoms with Gasteiger partial charge in [-0.2, -0.15) is 5.26 Å². The fourth-order valence-corrected chi connectivity index (χ4v) is 3.05. The van der Waals surface area contributed by atoms with Crippen LogP contribution in [0.5, 0.6) is 0 Å². The highest BCUT2D eigenvalue weighted by Gasteiger charge is 2.52. The van der Waals surface area contributed by atoms with Crippen LogP contribution in [0.2, 0.25) is 0 Å². The maximum absolute atomic E-state index is 11.4. The molecule has 0 bridgehead atoms. The van der Waals surface area contributed by atoms with Crippen molar-refractivity contribution in [2.24, 2.45) is 0 Å². The van der Waals surface area contributed by atoms with Crippen molar-refractivity contribution < 1.29 is 14.1 Å². The second-order valence-corrected chi connectivity index (χ2v) is 8.42. The molecule has 0 atom stereocenters. The number of benzene rings is 1. The summed E-state index contributed by atoms with van der Waals surface area (Å²) in [5, 5.41) is 9.08. The Kier molecular flexibility index (Phi) is 5.83. The monoisotopic (exact) mass is 357 g/mol. The highest BCUT2D eigenvalue weighted by atomic mass is 32.2. The lowest BCUT2D eigenvalue weighted by Gasteiger charge is -2.32. The van der Waals surface area contributed by atoms with Gasteiger partial charge < -0.3 is 9.31 Å². The molecule has 25 heavy (non-hydrogen) atoms. The van der Waals surface area contributed by atoms with E-state index in [1.165, 1.54) is 11.8 Å². The molecule has 1 fully saturated rings. The Labute approximate surface area is 154 Å². The summed E-state index contributed by atoms with van der Waals surface area (Å²) in [6.45, 7) is 11.6. The second-order valence-electron chi connectivity index (χ2n) is 7.27. The number of thioether (sulfide) groups is 1. The highest BCUT2D eigenvalue weighted by molar-refractivity contribution is 8.13. The Morgan fingerprint density at radius 1 is 1.28 bits per heavy atom. The van der Waals surface area contributed by atoms with Crippen molar-refractivity contribution in [2.75, 3.05) is 5.75 Å². The largest absolute Gasteiger partial charge is 0.491 e. The summed E-state index contributed by atoms with van der Waals surface area (Å²) in [5.41, 5.74) is 2.67. The molecular formula is C19H24BNO3S. The molecule has 0 aromatic heterocycles. The number of nitrogens with zero attached hydrogens (tertiary/aromatic N) is 1. The normalized spacial score (nSPS) is 18.9. The van der Waals surface area contributed by atoms with Crippen LogP contribution in [0.15, 0.2) is 23.7 Å². The maximum atomic E-state index is 11.4. The molecule has 0 unspecified atom stereocenters. The van der Waals surface area contributed by atoms with Gasteiger partial charge in [-0.1, -0.05) is 23.9 Å². The molecule has 1 aliphatic heterocycles. The van der Waals surface area contributed by atoms with Crippen molar-refractivity contribution in [3.63, 3.8) is 0 Å². The van der Waals surface area contributed by atoms with Gasteiger partial charge in [-0.15, -0.1) is 0 Å². The maximum Gasteiger partial charge on any atom is 0.491 e. The number of nitriles is 1. The van der Waals surface area contributed by atoms with Gasteiger partial charge in [0.25, 0.3) is 0 Å². The highest BCUT2D eigenvalue weighted by Crippen LogP contribution is 2.39. The zero-order valence-corrected chi connectivity index (χ0v) is 16.5. The van der Waals surface area contributed by atoms with Gasteiger partial charge in [0.15, 0.2) is 5.12 Å². The first-order valence-corrected chi connectivity index (χ1v) is 9.24. The van der Waals surface area contributed by atoms with Crippen molar-refractivity contribution in [3.8, 4) is 6.07 Å². The van der Waals surface area contributed by atoms with Gasteiger partial charge in [-0.05, 0) is 63.4 Å². The third kappa shape index (κ3) is 4.55. The number of rotatable bonds is 4. The summed E-state index contributed by atoms with van der Waals surface area (Å²) in [5.74, 6) is 0.506. The first-order chi connectivity index (χ1) is 11.6. The molecule has 0 radical (unpaired) electrons. The lowest BCUT2D eigenvalue weighted by atomic mass is 9.78. The SMILES string of the molecule is CC(=O)SCC(=Cc1ccc(C#N)cc1C)B1OC(C)(C)C(C)(C)O1. The molecule has 6 heteroatoms. The molecule has 132 valence electrons. The molecule has 0 spiro atoms. The Morgan fingerprint density at radius 3 is 2.36 bits per heavy atom. The van der Waals surface area contributed by atoms with E-state index in [0.717, 1.165) is 16.6 Å². The lowest BCUT2D eigenvalue weighted by Crippen LogP contribution is -2.41. The number of carbonyl (C=O) groups is 1. The van der Waals surface area contributed by atoms with Crippen molar-refractivity contribution in [3.05, 3.63) is 40.4 Å². The van der Waals surface area contributed by atoms with E-state index in [2.05, 4.69) is 6.07 Å². The number of hydrogen-bond acceptors (Lipinski definition) is 5. The predicted octanol–water partition coefficient (Wildman–Crippen LogP) is 4.16. The average molecular weight is 357 g/mol. The molecule has 0 aliphatic carbocycles. The van der Waals surface area contributed by atoms with Crippen molar-refractivity contribution in [2.45, 2.75) is 52.7 Å². The molecule has 1 heterocycles. The summed E-state index contributed by atoms with van der Waals surface area (Å²) in [4.78, 5) is 11.4. The second kappa shape index (κ2) is 7.37. The quantitative estimate of drug-likeness (QED) is 0.758. The van der Waals surface area contributed by atoms with E-state index in [9.17, 15) is 4.79 Å². The Bertz CT molecular complexity index is 734. The van der Waals surface area contributed by atoms with Gasteiger partial charge in [0.05, 0.1) is 22.8 Å². The summed E-state index contributed by atoms with van der Waals surface area (Å²) in [6.07, 6.45) is 2.01. The predicted molar refractivity (Wildman–Crippen MR) is 103 cm³/mol. The minimum absolute atomic E-state index is 0.0546. The van der Waals surface area contributed by atoms with E-state index in [0.29, 0.717) is 11.3 Å². The molecule has 2 rings (SSSR count). The van der Waals surface area contributed by atoms with Gasteiger partial charge >= 0.3 is 7.12 Å². The minimum Gasteiger partial charge on any atom is -0.400 e. The zero-order valence-electron chi connectivity index (χ0n) is 15.7. The smallest absolute Gasteiger partial charge is 0.400 e. The van der Waals surface area contributed by atoms with Gasteiger partial charge in [0.2, 0.25) is 0 Å². The van der Waals surface area contributed by atoms with E-state index < -0.39 is 18.3 Å². The van der Waals surface area contributed by atoms with Crippen LogP contribution in [0.4, 0.5) is 0 Å². The first-order valence-electron chi connectivity index (χ1n) is 8.26. The Morgan fingerprint density at radius 2 is 1.88 bits per heavy atom. The van der Waals surface area contributed by atoms with Crippen molar-refractivity contribution in [1.82, 2.24) is 0 Å². The minimum atomic E-state index is -0.494. The first kappa shape index (κ1) is 19.8. The van der Waals surface area contributed by atoms with Crippen LogP contribution in [-0.4, -0.2) is 29.2 Å². The van der Waals surface area contributed by atoms with Crippen molar-refractivity contribution >= 4 is 30.1 Å². The molecule has 1 aromatic rings. The molecule has 1 saturated heterocycles. The van der Waals surface area contributed by atoms with Crippen molar-refractivity contribution in [1.29, 1.82) is 5.26 Å². The van der Waals surface area contributed by atoms with Crippen LogP contribution in [-0.2, 0) is 14.1 Å². The molecule has 1 aromatic carbocycles. The average Bonchev–Trinajstić information content (AvgIpc) is 2.72. The summed E-state index contributed by atoms with van der Waals surface area (Å²) in [6, 6.07) is 7.70. The number of hydrogen-bond donors (Lipinski definition) is 0. The molecule has 0 saturated carbocycles. The standard InChI is InChI=1S/C19H24BNO3S/c1-13-9-15(11-21)7-8-16(13)10-17(12-25-14(2)22)20-23-18(3,4)19(5,6)24-20/h7-10H,12H2,1-6H3.